The molecule has 5 rings (SSSR count). The van der Waals surface area contributed by atoms with E-state index in [1.165, 1.54) is 11.3 Å². The summed E-state index contributed by atoms with van der Waals surface area (Å²) in [7, 11) is 0. The number of aliphatic hydroxyl groups is 1. The fourth-order valence-corrected chi connectivity index (χ4v) is 5.15. The average molecular weight is 520 g/mol. The second-order valence-corrected chi connectivity index (χ2v) is 9.69. The molecule has 1 aromatic carbocycles. The molecular weight excluding hydrogens is 494 g/mol. The molecule has 0 unspecified atom stereocenters. The van der Waals surface area contributed by atoms with E-state index in [1.807, 2.05) is 42.2 Å². The van der Waals surface area contributed by atoms with Crippen molar-refractivity contribution in [1.29, 1.82) is 0 Å². The van der Waals surface area contributed by atoms with Gasteiger partial charge in [-0.05, 0) is 36.8 Å². The van der Waals surface area contributed by atoms with Gasteiger partial charge in [-0.3, -0.25) is 10.3 Å². The Balaban J connectivity index is 1.46. The number of hydrogen-bond acceptors (Lipinski definition) is 9. The zero-order valence-corrected chi connectivity index (χ0v) is 20.8. The van der Waals surface area contributed by atoms with Crippen molar-refractivity contribution in [3.63, 3.8) is 0 Å². The maximum Gasteiger partial charge on any atom is 0.335 e. The van der Waals surface area contributed by atoms with E-state index < -0.39 is 11.6 Å². The molecule has 1 aliphatic rings. The van der Waals surface area contributed by atoms with E-state index in [2.05, 4.69) is 30.6 Å². The Morgan fingerprint density at radius 2 is 1.86 bits per heavy atom. The topological polar surface area (TPSA) is 153 Å². The number of urea groups is 1. The summed E-state index contributed by atoms with van der Waals surface area (Å²) >= 11 is 1.38. The van der Waals surface area contributed by atoms with Gasteiger partial charge in [-0.15, -0.1) is 0 Å². The Morgan fingerprint density at radius 3 is 2.51 bits per heavy atom. The summed E-state index contributed by atoms with van der Waals surface area (Å²) in [5.41, 5.74) is 2.28. The lowest BCUT2D eigenvalue weighted by Gasteiger charge is -2.35. The molecule has 0 aliphatic carbocycles. The van der Waals surface area contributed by atoms with Crippen LogP contribution in [0.5, 0.6) is 0 Å². The van der Waals surface area contributed by atoms with Gasteiger partial charge in [-0.25, -0.2) is 24.5 Å². The summed E-state index contributed by atoms with van der Waals surface area (Å²) in [4.78, 5) is 43.3. The number of carboxylic acid groups (broad SMARTS) is 1. The van der Waals surface area contributed by atoms with E-state index >= 15 is 0 Å². The van der Waals surface area contributed by atoms with E-state index in [-0.39, 0.29) is 18.9 Å². The Bertz CT molecular complexity index is 1430. The number of fused-ring (bicyclic) bond motifs is 1. The average Bonchev–Trinajstić information content (AvgIpc) is 3.31. The normalized spacial score (nSPS) is 14.9. The number of thiazole rings is 1. The van der Waals surface area contributed by atoms with Gasteiger partial charge in [0.1, 0.15) is 0 Å². The number of piperidine rings is 1. The molecule has 0 bridgehead atoms. The van der Waals surface area contributed by atoms with Crippen LogP contribution in [0.3, 0.4) is 0 Å². The SMILES string of the molecule is CCNC(=O)Nc1nc2cc(-c3cnc(N4CCC(O)(C(=O)O)CC4)nc3)cc(-c3ccccn3)c2s1. The van der Waals surface area contributed by atoms with Crippen molar-refractivity contribution in [2.45, 2.75) is 25.4 Å². The number of nitrogens with zero attached hydrogens (tertiary/aromatic N) is 5. The first-order valence-corrected chi connectivity index (χ1v) is 12.6. The zero-order valence-electron chi connectivity index (χ0n) is 20.0. The summed E-state index contributed by atoms with van der Waals surface area (Å²) in [5.74, 6) is -0.724. The van der Waals surface area contributed by atoms with Gasteiger partial charge in [0.25, 0.3) is 0 Å². The monoisotopic (exact) mass is 519 g/mol. The van der Waals surface area contributed by atoms with Crippen LogP contribution in [-0.4, -0.2) is 67.4 Å². The first-order chi connectivity index (χ1) is 17.9. The van der Waals surface area contributed by atoms with Crippen molar-refractivity contribution in [2.24, 2.45) is 0 Å². The van der Waals surface area contributed by atoms with E-state index in [4.69, 9.17) is 0 Å². The fourth-order valence-electron chi connectivity index (χ4n) is 4.19. The minimum Gasteiger partial charge on any atom is -0.479 e. The van der Waals surface area contributed by atoms with Gasteiger partial charge >= 0.3 is 12.0 Å². The quantitative estimate of drug-likeness (QED) is 0.300. The Labute approximate surface area is 216 Å². The lowest BCUT2D eigenvalue weighted by atomic mass is 9.92. The fraction of sp³-hybridized carbons (Fsp3) is 0.280. The van der Waals surface area contributed by atoms with Gasteiger partial charge in [0, 0.05) is 62.2 Å². The highest BCUT2D eigenvalue weighted by Crippen LogP contribution is 2.38. The summed E-state index contributed by atoms with van der Waals surface area (Å²) in [5, 5.41) is 25.4. The number of benzene rings is 1. The lowest BCUT2D eigenvalue weighted by Crippen LogP contribution is -2.49. The van der Waals surface area contributed by atoms with Gasteiger partial charge in [-0.1, -0.05) is 17.4 Å². The highest BCUT2D eigenvalue weighted by molar-refractivity contribution is 7.22. The highest BCUT2D eigenvalue weighted by atomic mass is 32.1. The van der Waals surface area contributed by atoms with Crippen LogP contribution in [0, 0.1) is 0 Å². The molecule has 11 nitrogen and oxygen atoms in total. The van der Waals surface area contributed by atoms with Gasteiger partial charge in [-0.2, -0.15) is 0 Å². The first-order valence-electron chi connectivity index (χ1n) is 11.8. The van der Waals surface area contributed by atoms with Crippen molar-refractivity contribution >= 4 is 44.6 Å². The third kappa shape index (κ3) is 5.06. The van der Waals surface area contributed by atoms with E-state index in [1.54, 1.807) is 18.6 Å². The number of nitrogens with one attached hydrogen (secondary N) is 2. The highest BCUT2D eigenvalue weighted by Gasteiger charge is 2.39. The molecule has 1 fully saturated rings. The van der Waals surface area contributed by atoms with Gasteiger partial charge in [0.15, 0.2) is 10.7 Å². The summed E-state index contributed by atoms with van der Waals surface area (Å²) in [6, 6.07) is 9.30. The summed E-state index contributed by atoms with van der Waals surface area (Å²) in [6.07, 6.45) is 5.36. The van der Waals surface area contributed by atoms with E-state index in [0.717, 1.165) is 27.1 Å². The van der Waals surface area contributed by atoms with Crippen molar-refractivity contribution in [3.8, 4) is 22.4 Å². The standard InChI is InChI=1S/C25H25N7O4S/c1-2-26-23(35)31-24-30-19-12-15(11-17(20(19)37-24)18-5-3-4-8-27-18)16-13-28-22(29-14-16)32-9-6-25(36,7-10-32)21(33)34/h3-5,8,11-14,36H,2,6-7,9-10H2,1H3,(H,33,34)(H2,26,30,31,35). The predicted molar refractivity (Wildman–Crippen MR) is 141 cm³/mol. The van der Waals surface area contributed by atoms with Crippen molar-refractivity contribution in [1.82, 2.24) is 25.3 Å². The minimum atomic E-state index is -1.70. The molecule has 37 heavy (non-hydrogen) atoms. The number of carbonyl (C=O) groups excluding carboxylic acids is 1. The predicted octanol–water partition coefficient (Wildman–Crippen LogP) is 3.37. The third-order valence-electron chi connectivity index (χ3n) is 6.23. The molecule has 0 saturated carbocycles. The Morgan fingerprint density at radius 1 is 1.11 bits per heavy atom. The van der Waals surface area contributed by atoms with Gasteiger partial charge in [0.05, 0.1) is 15.9 Å². The van der Waals surface area contributed by atoms with Crippen LogP contribution in [-0.2, 0) is 4.79 Å². The third-order valence-corrected chi connectivity index (χ3v) is 7.25. The largest absolute Gasteiger partial charge is 0.479 e. The van der Waals surface area contributed by atoms with E-state index in [0.29, 0.717) is 36.2 Å². The Kier molecular flexibility index (Phi) is 6.68. The minimum absolute atomic E-state index is 0.105. The molecule has 3 aromatic heterocycles. The lowest BCUT2D eigenvalue weighted by molar-refractivity contribution is -0.160. The molecule has 0 radical (unpaired) electrons. The maximum absolute atomic E-state index is 12.0. The number of amides is 2. The van der Waals surface area contributed by atoms with Crippen LogP contribution in [0.1, 0.15) is 19.8 Å². The first kappa shape index (κ1) is 24.5. The van der Waals surface area contributed by atoms with Crippen LogP contribution >= 0.6 is 11.3 Å². The molecular formula is C25H25N7O4S. The number of rotatable bonds is 6. The van der Waals surface area contributed by atoms with E-state index in [9.17, 15) is 19.8 Å². The van der Waals surface area contributed by atoms with Gasteiger partial charge < -0.3 is 20.4 Å². The molecule has 1 saturated heterocycles. The van der Waals surface area contributed by atoms with Crippen LogP contribution in [0.2, 0.25) is 0 Å². The number of hydrogen-bond donors (Lipinski definition) is 4. The smallest absolute Gasteiger partial charge is 0.335 e. The number of aromatic nitrogens is 4. The van der Waals surface area contributed by atoms with Crippen LogP contribution < -0.4 is 15.5 Å². The van der Waals surface area contributed by atoms with Crippen LogP contribution in [0.15, 0.2) is 48.9 Å². The molecule has 1 aliphatic heterocycles. The second kappa shape index (κ2) is 10.1. The Hall–Kier alpha value is -4.16. The second-order valence-electron chi connectivity index (χ2n) is 8.69. The maximum atomic E-state index is 12.0. The number of carboxylic acids is 1. The summed E-state index contributed by atoms with van der Waals surface area (Å²) in [6.45, 7) is 3.04. The molecule has 2 amide bonds. The number of pyridine rings is 1. The zero-order chi connectivity index (χ0) is 26.0. The number of aliphatic carboxylic acids is 1. The van der Waals surface area contributed by atoms with Crippen LogP contribution in [0.25, 0.3) is 32.6 Å². The van der Waals surface area contributed by atoms with Crippen molar-refractivity contribution < 1.29 is 19.8 Å². The number of carbonyl (C=O) groups is 2. The molecule has 4 heterocycles. The molecule has 4 N–H and O–H groups in total. The van der Waals surface area contributed by atoms with Crippen molar-refractivity contribution in [3.05, 3.63) is 48.9 Å². The molecule has 0 atom stereocenters. The molecule has 12 heteroatoms. The molecule has 4 aromatic rings. The summed E-state index contributed by atoms with van der Waals surface area (Å²) < 4.78 is 0.894. The number of anilines is 2. The molecule has 0 spiro atoms. The van der Waals surface area contributed by atoms with Gasteiger partial charge in [0.2, 0.25) is 5.95 Å². The van der Waals surface area contributed by atoms with Crippen LogP contribution in [0.4, 0.5) is 15.9 Å². The molecule has 190 valence electrons. The van der Waals surface area contributed by atoms with Crippen molar-refractivity contribution in [2.75, 3.05) is 29.9 Å².